The fraction of sp³-hybridized carbons (Fsp3) is 0.333. The molecule has 0 aliphatic carbocycles. The third-order valence-corrected chi connectivity index (χ3v) is 7.40. The van der Waals surface area contributed by atoms with Gasteiger partial charge in [0.1, 0.15) is 18.2 Å². The number of nitrogens with zero attached hydrogens (tertiary/aromatic N) is 3. The van der Waals surface area contributed by atoms with Gasteiger partial charge in [0.2, 0.25) is 5.91 Å². The summed E-state index contributed by atoms with van der Waals surface area (Å²) in [5, 5.41) is 11.8. The van der Waals surface area contributed by atoms with Crippen LogP contribution in [-0.4, -0.2) is 65.1 Å². The first-order chi connectivity index (χ1) is 20.1. The lowest BCUT2D eigenvalue weighted by atomic mass is 9.92. The van der Waals surface area contributed by atoms with E-state index >= 15 is 0 Å². The van der Waals surface area contributed by atoms with Crippen LogP contribution in [0.1, 0.15) is 48.8 Å². The molecule has 9 heteroatoms. The van der Waals surface area contributed by atoms with Crippen LogP contribution in [0, 0.1) is 6.92 Å². The zero-order valence-electron chi connectivity index (χ0n) is 24.6. The first-order valence-corrected chi connectivity index (χ1v) is 14.3. The number of Topliss-reactive ketones (excluding diaryl/α,β-unsaturated/α-hetero) is 1. The Morgan fingerprint density at radius 2 is 1.74 bits per heavy atom. The number of hydrogen-bond donors (Lipinski definition) is 2. The van der Waals surface area contributed by atoms with Gasteiger partial charge in [-0.05, 0) is 36.6 Å². The van der Waals surface area contributed by atoms with Gasteiger partial charge in [0, 0.05) is 55.0 Å². The number of carbonyl (C=O) groups excluding carboxylic acids is 3. The van der Waals surface area contributed by atoms with Crippen molar-refractivity contribution < 1.29 is 19.1 Å². The molecule has 218 valence electrons. The molecule has 0 spiro atoms. The zero-order valence-corrected chi connectivity index (χ0v) is 24.6. The van der Waals surface area contributed by atoms with E-state index in [1.165, 1.54) is 0 Å². The number of carbonyl (C=O) groups is 3. The number of ketones is 1. The highest BCUT2D eigenvalue weighted by Gasteiger charge is 2.25. The number of fused-ring (bicyclic) bond motifs is 1. The topological polar surface area (TPSA) is 106 Å². The number of amides is 2. The van der Waals surface area contributed by atoms with Crippen LogP contribution in [-0.2, 0) is 15.0 Å². The minimum atomic E-state index is -0.744. The number of anilines is 1. The lowest BCUT2D eigenvalue weighted by Crippen LogP contribution is -2.32. The van der Waals surface area contributed by atoms with Crippen LogP contribution in [0.5, 0.6) is 5.75 Å². The van der Waals surface area contributed by atoms with E-state index in [2.05, 4.69) is 15.5 Å². The van der Waals surface area contributed by atoms with Crippen LogP contribution in [0.25, 0.3) is 16.5 Å². The molecule has 0 saturated carbocycles. The number of aromatic nitrogens is 2. The number of nitrogens with one attached hydrogen (secondary N) is 2. The van der Waals surface area contributed by atoms with Gasteiger partial charge in [0.05, 0.1) is 11.4 Å². The normalized spacial score (nSPS) is 14.3. The summed E-state index contributed by atoms with van der Waals surface area (Å²) in [6.07, 6.45) is 0.477. The van der Waals surface area contributed by atoms with Crippen molar-refractivity contribution in [3.63, 3.8) is 0 Å². The molecule has 4 aromatic rings. The van der Waals surface area contributed by atoms with Gasteiger partial charge < -0.3 is 15.4 Å². The summed E-state index contributed by atoms with van der Waals surface area (Å²) in [7, 11) is 0. The molecule has 0 radical (unpaired) electrons. The third kappa shape index (κ3) is 6.52. The highest BCUT2D eigenvalue weighted by Crippen LogP contribution is 2.30. The van der Waals surface area contributed by atoms with E-state index in [1.807, 2.05) is 82.3 Å². The van der Waals surface area contributed by atoms with Gasteiger partial charge in [-0.15, -0.1) is 0 Å². The van der Waals surface area contributed by atoms with Crippen molar-refractivity contribution in [3.05, 3.63) is 83.6 Å². The van der Waals surface area contributed by atoms with Crippen molar-refractivity contribution in [2.75, 3.05) is 38.1 Å². The molecule has 0 unspecified atom stereocenters. The van der Waals surface area contributed by atoms with Crippen molar-refractivity contribution in [2.24, 2.45) is 0 Å². The van der Waals surface area contributed by atoms with Crippen LogP contribution in [0.2, 0.25) is 0 Å². The fourth-order valence-corrected chi connectivity index (χ4v) is 4.93. The van der Waals surface area contributed by atoms with Crippen molar-refractivity contribution >= 4 is 34.2 Å². The Labute approximate surface area is 245 Å². The molecule has 2 heterocycles. The Morgan fingerprint density at radius 3 is 2.48 bits per heavy atom. The van der Waals surface area contributed by atoms with Crippen molar-refractivity contribution in [2.45, 2.75) is 39.5 Å². The molecule has 5 rings (SSSR count). The number of benzene rings is 3. The quantitative estimate of drug-likeness (QED) is 0.237. The number of hydrogen-bond acceptors (Lipinski definition) is 6. The Hall–Kier alpha value is -4.50. The zero-order chi connectivity index (χ0) is 29.9. The SMILES string of the molecule is Cc1ccc(-n2nc(C(C)(C)C)cc2NC(=O)C(=O)c2ccc(OCCN3CCNC(=O)CC3)c3ccccc23)cc1. The number of aryl methyl sites for hydroxylation is 1. The van der Waals surface area contributed by atoms with E-state index in [0.29, 0.717) is 55.2 Å². The smallest absolute Gasteiger partial charge is 0.297 e. The maximum atomic E-state index is 13.5. The van der Waals surface area contributed by atoms with E-state index in [9.17, 15) is 14.4 Å². The van der Waals surface area contributed by atoms with Crippen LogP contribution in [0.4, 0.5) is 5.82 Å². The summed E-state index contributed by atoms with van der Waals surface area (Å²) in [5.41, 5.74) is 2.73. The lowest BCUT2D eigenvalue weighted by Gasteiger charge is -2.19. The van der Waals surface area contributed by atoms with E-state index in [-0.39, 0.29) is 11.3 Å². The molecule has 1 aromatic heterocycles. The van der Waals surface area contributed by atoms with Gasteiger partial charge in [-0.1, -0.05) is 62.7 Å². The van der Waals surface area contributed by atoms with Crippen LogP contribution in [0.15, 0.2) is 66.7 Å². The number of rotatable bonds is 8. The predicted octanol–water partition coefficient (Wildman–Crippen LogP) is 4.65. The Bertz CT molecular complexity index is 1620. The second kappa shape index (κ2) is 12.2. The highest BCUT2D eigenvalue weighted by molar-refractivity contribution is 6.48. The fourth-order valence-electron chi connectivity index (χ4n) is 4.93. The van der Waals surface area contributed by atoms with Crippen molar-refractivity contribution in [1.29, 1.82) is 0 Å². The maximum Gasteiger partial charge on any atom is 0.297 e. The van der Waals surface area contributed by atoms with Crippen LogP contribution in [0.3, 0.4) is 0 Å². The summed E-state index contributed by atoms with van der Waals surface area (Å²) in [5.74, 6) is -0.251. The third-order valence-electron chi connectivity index (χ3n) is 7.40. The minimum absolute atomic E-state index is 0.0722. The van der Waals surface area contributed by atoms with Gasteiger partial charge in [-0.25, -0.2) is 4.68 Å². The molecular formula is C33H37N5O4. The summed E-state index contributed by atoms with van der Waals surface area (Å²) in [4.78, 5) is 40.7. The number of ether oxygens (including phenoxy) is 1. The molecule has 3 aromatic carbocycles. The molecule has 2 amide bonds. The van der Waals surface area contributed by atoms with E-state index in [4.69, 9.17) is 9.84 Å². The van der Waals surface area contributed by atoms with Gasteiger partial charge in [0.25, 0.3) is 11.7 Å². The second-order valence-corrected chi connectivity index (χ2v) is 11.6. The van der Waals surface area contributed by atoms with Crippen molar-refractivity contribution in [3.8, 4) is 11.4 Å². The van der Waals surface area contributed by atoms with Gasteiger partial charge >= 0.3 is 0 Å². The Kier molecular flexibility index (Phi) is 8.40. The summed E-state index contributed by atoms with van der Waals surface area (Å²) < 4.78 is 7.78. The highest BCUT2D eigenvalue weighted by atomic mass is 16.5. The summed E-state index contributed by atoms with van der Waals surface area (Å²) in [6.45, 7) is 11.4. The monoisotopic (exact) mass is 567 g/mol. The standard InChI is InChI=1S/C33H37N5O4/c1-22-9-11-23(12-10-22)38-29(21-28(36-38)33(2,3)4)35-32(41)31(40)26-13-14-27(25-8-6-5-7-24(25)26)42-20-19-37-17-15-30(39)34-16-18-37/h5-14,21H,15-20H2,1-4H3,(H,34,39)(H,35,41). The van der Waals surface area contributed by atoms with Crippen LogP contribution >= 0.6 is 0 Å². The average Bonchev–Trinajstić information content (AvgIpc) is 3.29. The molecule has 1 aliphatic rings. The van der Waals surface area contributed by atoms with Gasteiger partial charge in [-0.2, -0.15) is 5.10 Å². The van der Waals surface area contributed by atoms with Crippen LogP contribution < -0.4 is 15.4 Å². The molecule has 0 bridgehead atoms. The first kappa shape index (κ1) is 29.0. The average molecular weight is 568 g/mol. The molecular weight excluding hydrogens is 530 g/mol. The maximum absolute atomic E-state index is 13.5. The first-order valence-electron chi connectivity index (χ1n) is 14.3. The molecule has 1 fully saturated rings. The van der Waals surface area contributed by atoms with E-state index in [0.717, 1.165) is 28.9 Å². The second-order valence-electron chi connectivity index (χ2n) is 11.6. The minimum Gasteiger partial charge on any atom is -0.492 e. The summed E-state index contributed by atoms with van der Waals surface area (Å²) >= 11 is 0. The van der Waals surface area contributed by atoms with Gasteiger partial charge in [-0.3, -0.25) is 19.3 Å². The van der Waals surface area contributed by atoms with Gasteiger partial charge in [0.15, 0.2) is 0 Å². The Morgan fingerprint density at radius 1 is 1.00 bits per heavy atom. The molecule has 2 N–H and O–H groups in total. The molecule has 0 atom stereocenters. The lowest BCUT2D eigenvalue weighted by molar-refractivity contribution is -0.120. The summed E-state index contributed by atoms with van der Waals surface area (Å²) in [6, 6.07) is 20.4. The van der Waals surface area contributed by atoms with Crippen molar-refractivity contribution in [1.82, 2.24) is 20.0 Å². The van der Waals surface area contributed by atoms with E-state index in [1.54, 1.807) is 16.8 Å². The molecule has 1 aliphatic heterocycles. The predicted molar refractivity (Wildman–Crippen MR) is 163 cm³/mol. The molecule has 42 heavy (non-hydrogen) atoms. The molecule has 1 saturated heterocycles. The Balaban J connectivity index is 1.35. The van der Waals surface area contributed by atoms with E-state index < -0.39 is 11.7 Å². The largest absolute Gasteiger partial charge is 0.492 e. The molecule has 9 nitrogen and oxygen atoms in total.